The fraction of sp³-hybridized carbons (Fsp3) is 0.167. The van der Waals surface area contributed by atoms with Gasteiger partial charge in [0.25, 0.3) is 0 Å². The largest absolute Gasteiger partial charge is 0.478 e. The van der Waals surface area contributed by atoms with E-state index in [1.807, 2.05) is 35.7 Å². The molecule has 0 bridgehead atoms. The summed E-state index contributed by atoms with van der Waals surface area (Å²) in [5.74, 6) is 0.651. The Morgan fingerprint density at radius 2 is 1.88 bits per heavy atom. The van der Waals surface area contributed by atoms with E-state index in [1.165, 1.54) is 22.7 Å². The summed E-state index contributed by atoms with van der Waals surface area (Å²) in [6.45, 7) is 2.85. The number of nitrogens with one attached hydrogen (secondary N) is 1. The standard InChI is InChI=1S/C30H26N6O2S2/c1-2-3-10-27-31-28-24(18-40-26(28)16-23(30(37)38)25-9-6-15-39-25)36(27)17-19-11-13-20(14-12-19)21-7-4-5-8-22(21)29-32-34-35-33-29/h4-9,11-16,18H,2-3,10,17H2,1H3,(H,37,38)(H,32,33,34,35)/b23-16-. The zero-order chi connectivity index (χ0) is 27.5. The van der Waals surface area contributed by atoms with Crippen LogP contribution in [0.5, 0.6) is 0 Å². The number of nitrogens with zero attached hydrogens (tertiary/aromatic N) is 5. The van der Waals surface area contributed by atoms with Crippen molar-refractivity contribution in [2.75, 3.05) is 0 Å². The summed E-state index contributed by atoms with van der Waals surface area (Å²) in [7, 11) is 0. The smallest absolute Gasteiger partial charge is 0.337 e. The van der Waals surface area contributed by atoms with Crippen LogP contribution in [0.1, 0.15) is 40.9 Å². The van der Waals surface area contributed by atoms with E-state index >= 15 is 0 Å². The Balaban J connectivity index is 1.34. The molecule has 0 radical (unpaired) electrons. The molecule has 0 aliphatic heterocycles. The molecular weight excluding hydrogens is 541 g/mol. The minimum Gasteiger partial charge on any atom is -0.478 e. The Kier molecular flexibility index (Phi) is 7.35. The van der Waals surface area contributed by atoms with E-state index in [9.17, 15) is 9.90 Å². The molecule has 0 unspecified atom stereocenters. The highest BCUT2D eigenvalue weighted by atomic mass is 32.1. The monoisotopic (exact) mass is 566 g/mol. The van der Waals surface area contributed by atoms with Gasteiger partial charge in [-0.05, 0) is 45.8 Å². The van der Waals surface area contributed by atoms with Crippen LogP contribution >= 0.6 is 22.7 Å². The molecular formula is C30H26N6O2S2. The summed E-state index contributed by atoms with van der Waals surface area (Å²) in [6.07, 6.45) is 4.74. The normalized spacial score (nSPS) is 11.9. The maximum absolute atomic E-state index is 12.0. The van der Waals surface area contributed by atoms with Gasteiger partial charge in [-0.3, -0.25) is 0 Å². The van der Waals surface area contributed by atoms with Crippen molar-refractivity contribution >= 4 is 51.3 Å². The van der Waals surface area contributed by atoms with Crippen molar-refractivity contribution in [1.29, 1.82) is 0 Å². The fourth-order valence-corrected chi connectivity index (χ4v) is 6.43. The molecule has 0 amide bonds. The van der Waals surface area contributed by atoms with Crippen molar-refractivity contribution in [2.24, 2.45) is 0 Å². The van der Waals surface area contributed by atoms with Crippen LogP contribution in [0.3, 0.4) is 0 Å². The minimum atomic E-state index is -0.935. The van der Waals surface area contributed by atoms with Crippen LogP contribution in [-0.4, -0.2) is 41.3 Å². The van der Waals surface area contributed by atoms with E-state index in [4.69, 9.17) is 4.98 Å². The van der Waals surface area contributed by atoms with Crippen molar-refractivity contribution < 1.29 is 9.90 Å². The number of thiophene rings is 2. The number of aliphatic carboxylic acids is 1. The predicted molar refractivity (Wildman–Crippen MR) is 160 cm³/mol. The molecule has 2 N–H and O–H groups in total. The van der Waals surface area contributed by atoms with Crippen molar-refractivity contribution in [3.8, 4) is 22.5 Å². The van der Waals surface area contributed by atoms with Crippen LogP contribution in [0.25, 0.3) is 45.2 Å². The van der Waals surface area contributed by atoms with Crippen LogP contribution in [0, 0.1) is 0 Å². The van der Waals surface area contributed by atoms with Gasteiger partial charge in [0, 0.05) is 28.8 Å². The van der Waals surface area contributed by atoms with Gasteiger partial charge in [0.1, 0.15) is 11.3 Å². The number of carbonyl (C=O) groups is 1. The van der Waals surface area contributed by atoms with Crippen LogP contribution in [0.15, 0.2) is 71.4 Å². The zero-order valence-electron chi connectivity index (χ0n) is 21.7. The highest BCUT2D eigenvalue weighted by Crippen LogP contribution is 2.33. The predicted octanol–water partition coefficient (Wildman–Crippen LogP) is 7.02. The molecule has 10 heteroatoms. The number of carboxylic acid groups (broad SMARTS) is 1. The lowest BCUT2D eigenvalue weighted by Crippen LogP contribution is -2.05. The van der Waals surface area contributed by atoms with Gasteiger partial charge < -0.3 is 9.67 Å². The number of tetrazole rings is 1. The molecule has 6 rings (SSSR count). The second-order valence-corrected chi connectivity index (χ2v) is 11.2. The first kappa shape index (κ1) is 25.8. The van der Waals surface area contributed by atoms with Crippen molar-refractivity contribution in [2.45, 2.75) is 32.7 Å². The summed E-state index contributed by atoms with van der Waals surface area (Å²) in [5.41, 5.74) is 6.37. The molecule has 40 heavy (non-hydrogen) atoms. The van der Waals surface area contributed by atoms with Crippen LogP contribution in [0.2, 0.25) is 0 Å². The maximum atomic E-state index is 12.0. The van der Waals surface area contributed by atoms with Gasteiger partial charge in [-0.25, -0.2) is 9.78 Å². The molecule has 2 aromatic carbocycles. The van der Waals surface area contributed by atoms with Crippen LogP contribution in [-0.2, 0) is 17.8 Å². The molecule has 0 saturated heterocycles. The van der Waals surface area contributed by atoms with Gasteiger partial charge >= 0.3 is 5.97 Å². The SMILES string of the molecule is CCCCc1nc2c(/C=C(\C(=O)O)c3cccs3)scc2n1Cc1ccc(-c2ccccc2-c2nn[nH]n2)cc1. The molecule has 4 heterocycles. The van der Waals surface area contributed by atoms with Crippen molar-refractivity contribution in [1.82, 2.24) is 30.2 Å². The molecule has 4 aromatic heterocycles. The Morgan fingerprint density at radius 3 is 2.58 bits per heavy atom. The van der Waals surface area contributed by atoms with Crippen molar-refractivity contribution in [3.63, 3.8) is 0 Å². The number of hydrogen-bond acceptors (Lipinski definition) is 7. The first-order chi connectivity index (χ1) is 19.6. The summed E-state index contributed by atoms with van der Waals surface area (Å²) in [4.78, 5) is 18.7. The van der Waals surface area contributed by atoms with Crippen LogP contribution < -0.4 is 0 Å². The quantitative estimate of drug-likeness (QED) is 0.172. The minimum absolute atomic E-state index is 0.292. The van der Waals surface area contributed by atoms with Gasteiger partial charge in [-0.2, -0.15) is 5.21 Å². The number of benzene rings is 2. The first-order valence-electron chi connectivity index (χ1n) is 13.0. The number of aryl methyl sites for hydroxylation is 1. The average molecular weight is 567 g/mol. The second-order valence-electron chi connectivity index (χ2n) is 9.37. The third kappa shape index (κ3) is 5.11. The van der Waals surface area contributed by atoms with E-state index in [1.54, 1.807) is 6.08 Å². The lowest BCUT2D eigenvalue weighted by Gasteiger charge is -2.11. The van der Waals surface area contributed by atoms with Gasteiger partial charge in [0.05, 0.1) is 16.0 Å². The summed E-state index contributed by atoms with van der Waals surface area (Å²) in [6, 6.07) is 20.3. The van der Waals surface area contributed by atoms with Gasteiger partial charge in [0.15, 0.2) is 0 Å². The number of rotatable bonds is 10. The van der Waals surface area contributed by atoms with Gasteiger partial charge in [-0.15, -0.1) is 32.9 Å². The molecule has 0 spiro atoms. The maximum Gasteiger partial charge on any atom is 0.337 e. The number of aromatic amines is 1. The molecule has 0 fully saturated rings. The molecule has 0 atom stereocenters. The fourth-order valence-electron chi connectivity index (χ4n) is 4.77. The summed E-state index contributed by atoms with van der Waals surface area (Å²) in [5, 5.41) is 28.4. The molecule has 0 aliphatic carbocycles. The highest BCUT2D eigenvalue weighted by molar-refractivity contribution is 7.13. The van der Waals surface area contributed by atoms with E-state index in [2.05, 4.69) is 67.8 Å². The first-order valence-corrected chi connectivity index (χ1v) is 14.8. The number of unbranched alkanes of at least 4 members (excludes halogenated alkanes) is 1. The third-order valence-electron chi connectivity index (χ3n) is 6.78. The molecule has 8 nitrogen and oxygen atoms in total. The van der Waals surface area contributed by atoms with Crippen LogP contribution in [0.4, 0.5) is 0 Å². The van der Waals surface area contributed by atoms with Gasteiger partial charge in [0.2, 0.25) is 5.82 Å². The number of H-pyrrole nitrogens is 1. The topological polar surface area (TPSA) is 110 Å². The van der Waals surface area contributed by atoms with E-state index in [-0.39, 0.29) is 0 Å². The molecule has 6 aromatic rings. The highest BCUT2D eigenvalue weighted by Gasteiger charge is 2.18. The lowest BCUT2D eigenvalue weighted by atomic mass is 9.98. The molecule has 200 valence electrons. The Hall–Kier alpha value is -4.41. The van der Waals surface area contributed by atoms with E-state index in [0.29, 0.717) is 17.9 Å². The molecule has 0 aliphatic rings. The number of hydrogen-bond donors (Lipinski definition) is 2. The summed E-state index contributed by atoms with van der Waals surface area (Å²) >= 11 is 2.96. The second kappa shape index (κ2) is 11.4. The number of aromatic nitrogens is 6. The lowest BCUT2D eigenvalue weighted by molar-refractivity contribution is -0.130. The number of imidazole rings is 1. The zero-order valence-corrected chi connectivity index (χ0v) is 23.4. The molecule has 0 saturated carbocycles. The summed E-state index contributed by atoms with van der Waals surface area (Å²) < 4.78 is 2.27. The van der Waals surface area contributed by atoms with E-state index < -0.39 is 5.97 Å². The number of fused-ring (bicyclic) bond motifs is 1. The number of carboxylic acids is 1. The van der Waals surface area contributed by atoms with Crippen molar-refractivity contribution in [3.05, 3.63) is 92.6 Å². The Bertz CT molecular complexity index is 1780. The Morgan fingerprint density at radius 1 is 1.05 bits per heavy atom. The van der Waals surface area contributed by atoms with E-state index in [0.717, 1.165) is 68.1 Å². The van der Waals surface area contributed by atoms with Gasteiger partial charge in [-0.1, -0.05) is 67.9 Å². The average Bonchev–Trinajstić information content (AvgIpc) is 3.79. The Labute approximate surface area is 238 Å². The third-order valence-corrected chi connectivity index (χ3v) is 8.59.